The molecule has 0 radical (unpaired) electrons. The number of piperidine rings is 1. The molecule has 0 spiro atoms. The van der Waals surface area contributed by atoms with Crippen molar-refractivity contribution in [1.29, 1.82) is 0 Å². The van der Waals surface area contributed by atoms with Crippen molar-refractivity contribution >= 4 is 26.8 Å². The number of aromatic amines is 1. The minimum atomic E-state index is -3.71. The van der Waals surface area contributed by atoms with Gasteiger partial charge in [0.25, 0.3) is 5.91 Å². The number of nitrogens with zero attached hydrogens (tertiary/aromatic N) is 1. The SMILES string of the molecule is CCC(C)NC(=O)c1c[nH]c2ccc(S(=O)(=O)N3CC(C)CC(C)C3)cc2c1=O. The van der Waals surface area contributed by atoms with Crippen LogP contribution in [0.2, 0.25) is 0 Å². The van der Waals surface area contributed by atoms with Crippen molar-refractivity contribution in [2.75, 3.05) is 13.1 Å². The van der Waals surface area contributed by atoms with Gasteiger partial charge in [-0.2, -0.15) is 4.31 Å². The summed E-state index contributed by atoms with van der Waals surface area (Å²) in [6.07, 6.45) is 3.12. The van der Waals surface area contributed by atoms with E-state index in [9.17, 15) is 18.0 Å². The molecule has 0 aliphatic carbocycles. The molecule has 3 atom stereocenters. The number of H-pyrrole nitrogens is 1. The summed E-state index contributed by atoms with van der Waals surface area (Å²) in [5.41, 5.74) is -0.000955. The first-order chi connectivity index (χ1) is 13.6. The standard InChI is InChI=1S/C21H29N3O4S/c1-5-15(4)23-21(26)18-10-22-19-7-6-16(9-17(19)20(18)25)29(27,28)24-11-13(2)8-14(3)12-24/h6-7,9-10,13-15H,5,8,11-12H2,1-4H3,(H,22,25)(H,23,26). The summed E-state index contributed by atoms with van der Waals surface area (Å²) < 4.78 is 27.8. The van der Waals surface area contributed by atoms with E-state index in [1.165, 1.54) is 22.6 Å². The van der Waals surface area contributed by atoms with Crippen LogP contribution in [0.25, 0.3) is 10.9 Å². The number of nitrogens with one attached hydrogen (secondary N) is 2. The molecule has 1 fully saturated rings. The predicted octanol–water partition coefficient (Wildman–Crippen LogP) is 2.72. The van der Waals surface area contributed by atoms with E-state index in [0.29, 0.717) is 18.6 Å². The summed E-state index contributed by atoms with van der Waals surface area (Å²) in [6, 6.07) is 4.41. The maximum Gasteiger partial charge on any atom is 0.256 e. The fraction of sp³-hybridized carbons (Fsp3) is 0.524. The van der Waals surface area contributed by atoms with Crippen molar-refractivity contribution in [2.24, 2.45) is 11.8 Å². The summed E-state index contributed by atoms with van der Waals surface area (Å²) in [5, 5.41) is 2.97. The van der Waals surface area contributed by atoms with Gasteiger partial charge >= 0.3 is 0 Å². The van der Waals surface area contributed by atoms with E-state index < -0.39 is 21.4 Å². The smallest absolute Gasteiger partial charge is 0.256 e. The second-order valence-electron chi connectivity index (χ2n) is 8.29. The number of fused-ring (bicyclic) bond motifs is 1. The molecule has 1 aromatic heterocycles. The zero-order valence-electron chi connectivity index (χ0n) is 17.4. The van der Waals surface area contributed by atoms with E-state index in [-0.39, 0.29) is 33.7 Å². The highest BCUT2D eigenvalue weighted by atomic mass is 32.2. The van der Waals surface area contributed by atoms with Crippen LogP contribution in [0.3, 0.4) is 0 Å². The van der Waals surface area contributed by atoms with Gasteiger partial charge in [0.1, 0.15) is 5.56 Å². The average molecular weight is 420 g/mol. The van der Waals surface area contributed by atoms with Gasteiger partial charge in [0.15, 0.2) is 0 Å². The number of aromatic nitrogens is 1. The first-order valence-corrected chi connectivity index (χ1v) is 11.5. The Morgan fingerprint density at radius 1 is 1.28 bits per heavy atom. The van der Waals surface area contributed by atoms with E-state index in [1.807, 2.05) is 27.7 Å². The van der Waals surface area contributed by atoms with Crippen LogP contribution in [0, 0.1) is 11.8 Å². The second kappa shape index (κ2) is 8.28. The van der Waals surface area contributed by atoms with Gasteiger partial charge in [-0.25, -0.2) is 8.42 Å². The molecule has 8 heteroatoms. The molecule has 158 valence electrons. The zero-order valence-corrected chi connectivity index (χ0v) is 18.2. The fourth-order valence-electron chi connectivity index (χ4n) is 3.88. The van der Waals surface area contributed by atoms with Gasteiger partial charge in [-0.3, -0.25) is 9.59 Å². The van der Waals surface area contributed by atoms with Crippen LogP contribution in [-0.4, -0.2) is 42.7 Å². The highest BCUT2D eigenvalue weighted by Gasteiger charge is 2.32. The average Bonchev–Trinajstić information content (AvgIpc) is 2.67. The largest absolute Gasteiger partial charge is 0.360 e. The Labute approximate surface area is 171 Å². The van der Waals surface area contributed by atoms with Crippen LogP contribution in [0.4, 0.5) is 0 Å². The topological polar surface area (TPSA) is 99.3 Å². The number of benzene rings is 1. The van der Waals surface area contributed by atoms with Gasteiger partial charge in [0.05, 0.1) is 4.90 Å². The van der Waals surface area contributed by atoms with Crippen molar-refractivity contribution in [3.8, 4) is 0 Å². The molecular formula is C21H29N3O4S. The molecule has 3 rings (SSSR count). The lowest BCUT2D eigenvalue weighted by molar-refractivity contribution is 0.0938. The summed E-state index contributed by atoms with van der Waals surface area (Å²) in [4.78, 5) is 28.3. The van der Waals surface area contributed by atoms with Crippen molar-refractivity contribution in [1.82, 2.24) is 14.6 Å². The van der Waals surface area contributed by atoms with Crippen molar-refractivity contribution in [3.63, 3.8) is 0 Å². The first-order valence-electron chi connectivity index (χ1n) is 10.1. The Morgan fingerprint density at radius 2 is 1.93 bits per heavy atom. The van der Waals surface area contributed by atoms with Gasteiger partial charge in [-0.15, -0.1) is 0 Å². The maximum absolute atomic E-state index is 13.2. The van der Waals surface area contributed by atoms with E-state index >= 15 is 0 Å². The van der Waals surface area contributed by atoms with E-state index in [2.05, 4.69) is 10.3 Å². The second-order valence-corrected chi connectivity index (χ2v) is 10.2. The van der Waals surface area contributed by atoms with Crippen molar-refractivity contribution in [3.05, 3.63) is 40.2 Å². The minimum Gasteiger partial charge on any atom is -0.360 e. The van der Waals surface area contributed by atoms with E-state index in [0.717, 1.165) is 12.8 Å². The highest BCUT2D eigenvalue weighted by Crippen LogP contribution is 2.27. The molecule has 2 heterocycles. The number of carbonyl (C=O) groups excluding carboxylic acids is 1. The Hall–Kier alpha value is -2.19. The van der Waals surface area contributed by atoms with Crippen LogP contribution in [-0.2, 0) is 10.0 Å². The molecule has 3 unspecified atom stereocenters. The molecule has 7 nitrogen and oxygen atoms in total. The number of sulfonamides is 1. The van der Waals surface area contributed by atoms with Gasteiger partial charge in [-0.05, 0) is 49.8 Å². The van der Waals surface area contributed by atoms with Gasteiger partial charge in [0.2, 0.25) is 15.5 Å². The van der Waals surface area contributed by atoms with Gasteiger partial charge in [0, 0.05) is 36.2 Å². The molecular weight excluding hydrogens is 390 g/mol. The Balaban J connectivity index is 2.02. The highest BCUT2D eigenvalue weighted by molar-refractivity contribution is 7.89. The predicted molar refractivity (Wildman–Crippen MR) is 113 cm³/mol. The molecule has 0 bridgehead atoms. The third-order valence-corrected chi connectivity index (χ3v) is 7.39. The lowest BCUT2D eigenvalue weighted by Gasteiger charge is -2.34. The Morgan fingerprint density at radius 3 is 2.55 bits per heavy atom. The lowest BCUT2D eigenvalue weighted by Crippen LogP contribution is -2.42. The zero-order chi connectivity index (χ0) is 21.3. The first kappa shape index (κ1) is 21.5. The molecule has 29 heavy (non-hydrogen) atoms. The number of carbonyl (C=O) groups is 1. The summed E-state index contributed by atoms with van der Waals surface area (Å²) in [5.74, 6) is 0.107. The molecule has 1 aliphatic heterocycles. The third-order valence-electron chi connectivity index (χ3n) is 5.56. The van der Waals surface area contributed by atoms with Crippen LogP contribution < -0.4 is 10.7 Å². The van der Waals surface area contributed by atoms with Crippen LogP contribution >= 0.6 is 0 Å². The molecule has 1 amide bonds. The number of hydrogen-bond acceptors (Lipinski definition) is 4. The maximum atomic E-state index is 13.2. The van der Waals surface area contributed by atoms with Gasteiger partial charge < -0.3 is 10.3 Å². The molecule has 0 saturated carbocycles. The Bertz CT molecular complexity index is 1070. The normalized spacial score (nSPS) is 21.8. The quantitative estimate of drug-likeness (QED) is 0.778. The van der Waals surface area contributed by atoms with Crippen molar-refractivity contribution < 1.29 is 13.2 Å². The van der Waals surface area contributed by atoms with E-state index in [4.69, 9.17) is 0 Å². The van der Waals surface area contributed by atoms with Crippen molar-refractivity contribution in [2.45, 2.75) is 51.5 Å². The fourth-order valence-corrected chi connectivity index (χ4v) is 5.59. The lowest BCUT2D eigenvalue weighted by atomic mass is 9.94. The summed E-state index contributed by atoms with van der Waals surface area (Å²) in [6.45, 7) is 8.83. The number of hydrogen-bond donors (Lipinski definition) is 2. The molecule has 1 aromatic carbocycles. The number of amides is 1. The molecule has 1 saturated heterocycles. The third kappa shape index (κ3) is 4.38. The summed E-state index contributed by atoms with van der Waals surface area (Å²) in [7, 11) is -3.71. The molecule has 2 aromatic rings. The molecule has 2 N–H and O–H groups in total. The van der Waals surface area contributed by atoms with Crippen LogP contribution in [0.1, 0.15) is 50.9 Å². The Kier molecular flexibility index (Phi) is 6.14. The summed E-state index contributed by atoms with van der Waals surface area (Å²) >= 11 is 0. The minimum absolute atomic E-state index is 0.0208. The number of pyridine rings is 1. The van der Waals surface area contributed by atoms with E-state index in [1.54, 1.807) is 6.07 Å². The van der Waals surface area contributed by atoms with Gasteiger partial charge in [-0.1, -0.05) is 20.8 Å². The van der Waals surface area contributed by atoms with Crippen LogP contribution in [0.5, 0.6) is 0 Å². The number of rotatable bonds is 5. The van der Waals surface area contributed by atoms with Crippen LogP contribution in [0.15, 0.2) is 34.1 Å². The molecule has 1 aliphatic rings. The monoisotopic (exact) mass is 419 g/mol.